The van der Waals surface area contributed by atoms with Gasteiger partial charge in [-0.1, -0.05) is 11.3 Å². The first-order valence-electron chi connectivity index (χ1n) is 6.86. The van der Waals surface area contributed by atoms with Gasteiger partial charge in [-0.05, 0) is 38.1 Å². The zero-order chi connectivity index (χ0) is 16.6. The predicted molar refractivity (Wildman–Crippen MR) is 86.0 cm³/mol. The molecule has 7 nitrogen and oxygen atoms in total. The van der Waals surface area contributed by atoms with Gasteiger partial charge in [-0.3, -0.25) is 14.9 Å². The van der Waals surface area contributed by atoms with Crippen LogP contribution in [0.15, 0.2) is 24.3 Å². The van der Waals surface area contributed by atoms with Crippen molar-refractivity contribution in [3.8, 4) is 5.75 Å². The Morgan fingerprint density at radius 1 is 1.22 bits per heavy atom. The molecule has 2 aromatic heterocycles. The number of esters is 1. The molecule has 2 heterocycles. The number of hydrogen-bond acceptors (Lipinski definition) is 6. The number of nitrogens with zero attached hydrogens (tertiary/aromatic N) is 3. The molecule has 8 heteroatoms. The highest BCUT2D eigenvalue weighted by Gasteiger charge is 2.13. The van der Waals surface area contributed by atoms with Gasteiger partial charge >= 0.3 is 5.97 Å². The van der Waals surface area contributed by atoms with Crippen molar-refractivity contribution < 1.29 is 14.3 Å². The highest BCUT2D eigenvalue weighted by atomic mass is 32.1. The van der Waals surface area contributed by atoms with Crippen LogP contribution < -0.4 is 10.1 Å². The van der Waals surface area contributed by atoms with Crippen molar-refractivity contribution >= 4 is 34.1 Å². The van der Waals surface area contributed by atoms with Crippen molar-refractivity contribution in [2.24, 2.45) is 0 Å². The van der Waals surface area contributed by atoms with E-state index in [0.29, 0.717) is 11.3 Å². The van der Waals surface area contributed by atoms with Crippen LogP contribution in [0.2, 0.25) is 0 Å². The summed E-state index contributed by atoms with van der Waals surface area (Å²) in [6.07, 6.45) is 0. The molecule has 0 radical (unpaired) electrons. The van der Waals surface area contributed by atoms with Crippen molar-refractivity contribution in [3.63, 3.8) is 0 Å². The van der Waals surface area contributed by atoms with Gasteiger partial charge in [-0.15, -0.1) is 5.10 Å². The number of thiazole rings is 1. The van der Waals surface area contributed by atoms with Crippen LogP contribution in [0.1, 0.15) is 27.9 Å². The van der Waals surface area contributed by atoms with Crippen LogP contribution in [0.5, 0.6) is 5.75 Å². The van der Waals surface area contributed by atoms with E-state index in [1.807, 2.05) is 13.8 Å². The zero-order valence-electron chi connectivity index (χ0n) is 12.8. The number of hydrogen-bond donors (Lipinski definition) is 1. The number of benzene rings is 1. The average molecular weight is 330 g/mol. The lowest BCUT2D eigenvalue weighted by Crippen LogP contribution is -2.13. The van der Waals surface area contributed by atoms with Crippen molar-refractivity contribution in [2.45, 2.75) is 20.8 Å². The summed E-state index contributed by atoms with van der Waals surface area (Å²) >= 11 is 1.52. The fourth-order valence-electron chi connectivity index (χ4n) is 2.01. The fraction of sp³-hybridized carbons (Fsp3) is 0.200. The van der Waals surface area contributed by atoms with E-state index in [9.17, 15) is 9.59 Å². The molecular formula is C15H14N4O3S. The van der Waals surface area contributed by atoms with Gasteiger partial charge in [-0.2, -0.15) is 4.98 Å². The van der Waals surface area contributed by atoms with Crippen LogP contribution in [-0.4, -0.2) is 26.5 Å². The normalized spacial score (nSPS) is 10.7. The smallest absolute Gasteiger partial charge is 0.308 e. The van der Waals surface area contributed by atoms with Crippen LogP contribution >= 0.6 is 11.3 Å². The minimum atomic E-state index is -0.407. The number of carbonyl (C=O) groups is 2. The number of fused-ring (bicyclic) bond motifs is 1. The van der Waals surface area contributed by atoms with Gasteiger partial charge in [0.25, 0.3) is 11.9 Å². The molecule has 0 aliphatic rings. The highest BCUT2D eigenvalue weighted by molar-refractivity contribution is 7.17. The quantitative estimate of drug-likeness (QED) is 0.589. The van der Waals surface area contributed by atoms with Crippen molar-refractivity contribution in [1.82, 2.24) is 14.6 Å². The summed E-state index contributed by atoms with van der Waals surface area (Å²) in [4.78, 5) is 29.2. The van der Waals surface area contributed by atoms with Gasteiger partial charge < -0.3 is 4.74 Å². The molecule has 3 aromatic rings. The Bertz CT molecular complexity index is 895. The van der Waals surface area contributed by atoms with Crippen LogP contribution in [0.4, 0.5) is 5.95 Å². The maximum atomic E-state index is 12.2. The first-order valence-corrected chi connectivity index (χ1v) is 7.68. The third kappa shape index (κ3) is 3.07. The Balaban J connectivity index is 1.75. The number of aryl methyl sites for hydroxylation is 2. The summed E-state index contributed by atoms with van der Waals surface area (Å²) < 4.78 is 6.63. The van der Waals surface area contributed by atoms with Gasteiger partial charge in [0.2, 0.25) is 4.96 Å². The topological polar surface area (TPSA) is 85.6 Å². The Morgan fingerprint density at radius 2 is 1.91 bits per heavy atom. The second kappa shape index (κ2) is 5.81. The number of aromatic nitrogens is 3. The van der Waals surface area contributed by atoms with E-state index in [4.69, 9.17) is 4.74 Å². The average Bonchev–Trinajstić information content (AvgIpc) is 2.99. The van der Waals surface area contributed by atoms with Crippen LogP contribution in [-0.2, 0) is 4.79 Å². The van der Waals surface area contributed by atoms with E-state index in [1.165, 1.54) is 18.3 Å². The molecule has 0 spiro atoms. The monoisotopic (exact) mass is 330 g/mol. The molecule has 0 aliphatic heterocycles. The second-order valence-corrected chi connectivity index (χ2v) is 6.13. The Labute approximate surface area is 135 Å². The number of amides is 1. The van der Waals surface area contributed by atoms with E-state index in [-0.39, 0.29) is 11.9 Å². The Hall–Kier alpha value is -2.74. The molecule has 23 heavy (non-hydrogen) atoms. The third-order valence-corrected chi connectivity index (χ3v) is 4.30. The lowest BCUT2D eigenvalue weighted by atomic mass is 10.2. The van der Waals surface area contributed by atoms with Crippen LogP contribution in [0.25, 0.3) is 4.96 Å². The van der Waals surface area contributed by atoms with Crippen molar-refractivity contribution in [1.29, 1.82) is 0 Å². The van der Waals surface area contributed by atoms with Crippen molar-refractivity contribution in [2.75, 3.05) is 5.32 Å². The largest absolute Gasteiger partial charge is 0.427 e. The molecule has 0 bridgehead atoms. The maximum Gasteiger partial charge on any atom is 0.308 e. The van der Waals surface area contributed by atoms with E-state index in [0.717, 1.165) is 15.5 Å². The van der Waals surface area contributed by atoms with Gasteiger partial charge in [0.15, 0.2) is 0 Å². The Kier molecular flexibility index (Phi) is 3.83. The Morgan fingerprint density at radius 3 is 2.52 bits per heavy atom. The molecule has 1 aromatic carbocycles. The lowest BCUT2D eigenvalue weighted by molar-refractivity contribution is -0.131. The van der Waals surface area contributed by atoms with Gasteiger partial charge in [-0.25, -0.2) is 4.52 Å². The molecule has 3 rings (SSSR count). The standard InChI is InChI=1S/C15H14N4O3S/c1-8-9(2)23-15-17-14(18-19(8)15)16-13(21)11-4-6-12(7-5-11)22-10(3)20/h4-7H,1-3H3,(H,16,18,21). The van der Waals surface area contributed by atoms with E-state index < -0.39 is 5.97 Å². The summed E-state index contributed by atoms with van der Waals surface area (Å²) in [5.74, 6) is -0.0867. The lowest BCUT2D eigenvalue weighted by Gasteiger charge is -2.03. The summed E-state index contributed by atoms with van der Waals surface area (Å²) in [6.45, 7) is 5.27. The molecule has 118 valence electrons. The highest BCUT2D eigenvalue weighted by Crippen LogP contribution is 2.21. The number of ether oxygens (including phenoxy) is 1. The van der Waals surface area contributed by atoms with Gasteiger partial charge in [0, 0.05) is 17.4 Å². The molecule has 0 aliphatic carbocycles. The maximum absolute atomic E-state index is 12.2. The SMILES string of the molecule is CC(=O)Oc1ccc(C(=O)Nc2nc3sc(C)c(C)n3n2)cc1. The van der Waals surface area contributed by atoms with Crippen LogP contribution in [0.3, 0.4) is 0 Å². The second-order valence-electron chi connectivity index (χ2n) is 4.95. The first kappa shape index (κ1) is 15.2. The molecule has 0 unspecified atom stereocenters. The molecule has 1 N–H and O–H groups in total. The first-order chi connectivity index (χ1) is 10.9. The van der Waals surface area contributed by atoms with Crippen LogP contribution in [0, 0.1) is 13.8 Å². The molecule has 0 atom stereocenters. The number of nitrogens with one attached hydrogen (secondary N) is 1. The summed E-state index contributed by atoms with van der Waals surface area (Å²) in [6, 6.07) is 6.26. The van der Waals surface area contributed by atoms with Gasteiger partial charge in [0.1, 0.15) is 5.75 Å². The molecule has 0 saturated heterocycles. The molecule has 1 amide bonds. The number of carbonyl (C=O) groups excluding carboxylic acids is 2. The van der Waals surface area contributed by atoms with E-state index >= 15 is 0 Å². The summed E-state index contributed by atoms with van der Waals surface area (Å²) in [5.41, 5.74) is 1.43. The summed E-state index contributed by atoms with van der Waals surface area (Å²) in [7, 11) is 0. The number of anilines is 1. The van der Waals surface area contributed by atoms with E-state index in [2.05, 4.69) is 15.4 Å². The molecule has 0 fully saturated rings. The fourth-order valence-corrected chi connectivity index (χ4v) is 2.91. The van der Waals surface area contributed by atoms with Gasteiger partial charge in [0.05, 0.1) is 5.69 Å². The minimum absolute atomic E-state index is 0.258. The summed E-state index contributed by atoms with van der Waals surface area (Å²) in [5, 5.41) is 6.93. The number of rotatable bonds is 3. The van der Waals surface area contributed by atoms with E-state index in [1.54, 1.807) is 28.8 Å². The third-order valence-electron chi connectivity index (χ3n) is 3.25. The molecule has 0 saturated carbocycles. The zero-order valence-corrected chi connectivity index (χ0v) is 13.6. The predicted octanol–water partition coefficient (Wildman–Crippen LogP) is 2.59. The van der Waals surface area contributed by atoms with Crippen molar-refractivity contribution in [3.05, 3.63) is 40.4 Å². The minimum Gasteiger partial charge on any atom is -0.427 e. The molecular weight excluding hydrogens is 316 g/mol.